The van der Waals surface area contributed by atoms with Gasteiger partial charge in [-0.2, -0.15) is 4.98 Å². The lowest BCUT2D eigenvalue weighted by Crippen LogP contribution is -2.18. The zero-order valence-electron chi connectivity index (χ0n) is 10.7. The summed E-state index contributed by atoms with van der Waals surface area (Å²) in [6.45, 7) is 1.25. The standard InChI is InChI=1S/C13H13N3O3S/c1-8(17)14-10-11(18)15-13(16-12(10)19)20-7-9-5-3-2-4-6-9/h2-6H,7H2,1H3,(H,14,17)(H2,15,16,18,19). The Kier molecular flexibility index (Phi) is 4.41. The Morgan fingerprint density at radius 2 is 2.10 bits per heavy atom. The molecular formula is C13H13N3O3S. The van der Waals surface area contributed by atoms with Gasteiger partial charge < -0.3 is 10.4 Å². The molecule has 7 heteroatoms. The van der Waals surface area contributed by atoms with Crippen LogP contribution in [0.3, 0.4) is 0 Å². The van der Waals surface area contributed by atoms with Crippen molar-refractivity contribution in [2.24, 2.45) is 0 Å². The molecule has 0 unspecified atom stereocenters. The first-order chi connectivity index (χ1) is 9.56. The van der Waals surface area contributed by atoms with Crippen LogP contribution in [-0.4, -0.2) is 21.0 Å². The summed E-state index contributed by atoms with van der Waals surface area (Å²) >= 11 is 1.29. The van der Waals surface area contributed by atoms with Crippen molar-refractivity contribution >= 4 is 23.4 Å². The summed E-state index contributed by atoms with van der Waals surface area (Å²) < 4.78 is 0. The summed E-state index contributed by atoms with van der Waals surface area (Å²) in [6.07, 6.45) is 0. The lowest BCUT2D eigenvalue weighted by Gasteiger charge is -2.05. The molecule has 0 saturated carbocycles. The molecule has 104 valence electrons. The van der Waals surface area contributed by atoms with Crippen LogP contribution in [0.5, 0.6) is 5.88 Å². The molecule has 0 spiro atoms. The van der Waals surface area contributed by atoms with Gasteiger partial charge in [-0.05, 0) is 5.56 Å². The van der Waals surface area contributed by atoms with Gasteiger partial charge in [0.1, 0.15) is 0 Å². The number of rotatable bonds is 4. The number of carbonyl (C=O) groups is 1. The smallest absolute Gasteiger partial charge is 0.279 e. The Morgan fingerprint density at radius 1 is 1.40 bits per heavy atom. The monoisotopic (exact) mass is 291 g/mol. The zero-order valence-corrected chi connectivity index (χ0v) is 11.5. The Morgan fingerprint density at radius 3 is 2.70 bits per heavy atom. The van der Waals surface area contributed by atoms with Crippen LogP contribution in [0.25, 0.3) is 0 Å². The quantitative estimate of drug-likeness (QED) is 0.589. The molecule has 0 aliphatic heterocycles. The first-order valence-electron chi connectivity index (χ1n) is 5.84. The van der Waals surface area contributed by atoms with E-state index < -0.39 is 17.3 Å². The van der Waals surface area contributed by atoms with Crippen molar-refractivity contribution in [3.63, 3.8) is 0 Å². The number of amides is 1. The van der Waals surface area contributed by atoms with Gasteiger partial charge in [0.05, 0.1) is 0 Å². The molecule has 0 aliphatic carbocycles. The minimum atomic E-state index is -0.580. The maximum atomic E-state index is 11.7. The third kappa shape index (κ3) is 3.61. The van der Waals surface area contributed by atoms with Gasteiger partial charge >= 0.3 is 0 Å². The normalized spacial score (nSPS) is 10.2. The van der Waals surface area contributed by atoms with E-state index in [1.807, 2.05) is 30.3 Å². The van der Waals surface area contributed by atoms with E-state index in [-0.39, 0.29) is 5.69 Å². The number of aromatic hydroxyl groups is 1. The van der Waals surface area contributed by atoms with Crippen molar-refractivity contribution < 1.29 is 9.90 Å². The number of benzene rings is 1. The largest absolute Gasteiger partial charge is 0.492 e. The fourth-order valence-electron chi connectivity index (χ4n) is 1.52. The summed E-state index contributed by atoms with van der Waals surface area (Å²) in [7, 11) is 0. The average Bonchev–Trinajstić information content (AvgIpc) is 2.41. The van der Waals surface area contributed by atoms with Crippen molar-refractivity contribution in [2.45, 2.75) is 17.8 Å². The van der Waals surface area contributed by atoms with Gasteiger partial charge in [-0.1, -0.05) is 42.1 Å². The van der Waals surface area contributed by atoms with Crippen LogP contribution < -0.4 is 10.9 Å². The molecule has 6 nitrogen and oxygen atoms in total. The number of thioether (sulfide) groups is 1. The fraction of sp³-hybridized carbons (Fsp3) is 0.154. The lowest BCUT2D eigenvalue weighted by atomic mass is 10.2. The Balaban J connectivity index is 2.14. The van der Waals surface area contributed by atoms with Crippen LogP contribution >= 0.6 is 11.8 Å². The van der Waals surface area contributed by atoms with E-state index in [9.17, 15) is 14.7 Å². The molecule has 1 amide bonds. The van der Waals surface area contributed by atoms with Gasteiger partial charge in [0.2, 0.25) is 11.8 Å². The fourth-order valence-corrected chi connectivity index (χ4v) is 2.34. The van der Waals surface area contributed by atoms with Crippen LogP contribution in [0.4, 0.5) is 5.69 Å². The Hall–Kier alpha value is -2.28. The maximum Gasteiger partial charge on any atom is 0.279 e. The van der Waals surface area contributed by atoms with Gasteiger partial charge in [0, 0.05) is 12.7 Å². The summed E-state index contributed by atoms with van der Waals surface area (Å²) in [5, 5.41) is 12.2. The third-order valence-corrected chi connectivity index (χ3v) is 3.34. The van der Waals surface area contributed by atoms with Crippen LogP contribution in [-0.2, 0) is 10.5 Å². The highest BCUT2D eigenvalue weighted by molar-refractivity contribution is 7.98. The molecule has 0 fully saturated rings. The minimum Gasteiger partial charge on any atom is -0.492 e. The van der Waals surface area contributed by atoms with Crippen molar-refractivity contribution in [1.29, 1.82) is 0 Å². The van der Waals surface area contributed by atoms with E-state index in [1.165, 1.54) is 18.7 Å². The minimum absolute atomic E-state index is 0.235. The van der Waals surface area contributed by atoms with E-state index in [0.717, 1.165) is 5.56 Å². The van der Waals surface area contributed by atoms with Gasteiger partial charge in [0.25, 0.3) is 5.56 Å². The molecular weight excluding hydrogens is 278 g/mol. The average molecular weight is 291 g/mol. The predicted octanol–water partition coefficient (Wildman–Crippen LogP) is 1.73. The van der Waals surface area contributed by atoms with Gasteiger partial charge in [-0.25, -0.2) is 0 Å². The SMILES string of the molecule is CC(=O)Nc1c(O)nc(SCc2ccccc2)[nH]c1=O. The molecule has 3 N–H and O–H groups in total. The van der Waals surface area contributed by atoms with Crippen LogP contribution in [0.2, 0.25) is 0 Å². The van der Waals surface area contributed by atoms with Crippen molar-refractivity contribution in [2.75, 3.05) is 5.32 Å². The molecule has 0 saturated heterocycles. The van der Waals surface area contributed by atoms with E-state index in [2.05, 4.69) is 15.3 Å². The summed E-state index contributed by atoms with van der Waals surface area (Å²) in [6, 6.07) is 9.67. The van der Waals surface area contributed by atoms with E-state index in [4.69, 9.17) is 0 Å². The Bertz CT molecular complexity index is 670. The van der Waals surface area contributed by atoms with Crippen molar-refractivity contribution in [3.05, 3.63) is 46.2 Å². The van der Waals surface area contributed by atoms with Crippen LogP contribution in [0.15, 0.2) is 40.3 Å². The van der Waals surface area contributed by atoms with Crippen LogP contribution in [0, 0.1) is 0 Å². The second kappa shape index (κ2) is 6.25. The maximum absolute atomic E-state index is 11.7. The molecule has 1 aromatic heterocycles. The topological polar surface area (TPSA) is 95.1 Å². The molecule has 0 atom stereocenters. The first kappa shape index (κ1) is 14.1. The third-order valence-electron chi connectivity index (χ3n) is 2.40. The second-order valence-electron chi connectivity index (χ2n) is 4.03. The highest BCUT2D eigenvalue weighted by Crippen LogP contribution is 2.22. The van der Waals surface area contributed by atoms with E-state index in [0.29, 0.717) is 10.9 Å². The lowest BCUT2D eigenvalue weighted by molar-refractivity contribution is -0.114. The van der Waals surface area contributed by atoms with E-state index in [1.54, 1.807) is 0 Å². The molecule has 20 heavy (non-hydrogen) atoms. The summed E-state index contributed by atoms with van der Waals surface area (Å²) in [4.78, 5) is 29.0. The highest BCUT2D eigenvalue weighted by atomic mass is 32.2. The highest BCUT2D eigenvalue weighted by Gasteiger charge is 2.12. The van der Waals surface area contributed by atoms with Gasteiger partial charge in [-0.3, -0.25) is 14.6 Å². The molecule has 0 radical (unpaired) electrons. The molecule has 2 aromatic rings. The summed E-state index contributed by atoms with van der Waals surface area (Å²) in [5.74, 6) is -0.320. The van der Waals surface area contributed by atoms with Crippen LogP contribution in [0.1, 0.15) is 12.5 Å². The van der Waals surface area contributed by atoms with Gasteiger partial charge in [0.15, 0.2) is 10.8 Å². The number of anilines is 1. The van der Waals surface area contributed by atoms with Gasteiger partial charge in [-0.15, -0.1) is 0 Å². The zero-order chi connectivity index (χ0) is 14.5. The summed E-state index contributed by atoms with van der Waals surface area (Å²) in [5.41, 5.74) is 0.260. The number of hydrogen-bond donors (Lipinski definition) is 3. The molecule has 0 bridgehead atoms. The second-order valence-corrected chi connectivity index (χ2v) is 4.99. The molecule has 2 rings (SSSR count). The molecule has 1 aromatic carbocycles. The van der Waals surface area contributed by atoms with Crippen molar-refractivity contribution in [3.8, 4) is 5.88 Å². The molecule has 0 aliphatic rings. The number of nitrogens with zero attached hydrogens (tertiary/aromatic N) is 1. The number of H-pyrrole nitrogens is 1. The number of aromatic amines is 1. The number of hydrogen-bond acceptors (Lipinski definition) is 5. The first-order valence-corrected chi connectivity index (χ1v) is 6.82. The van der Waals surface area contributed by atoms with E-state index >= 15 is 0 Å². The number of nitrogens with one attached hydrogen (secondary N) is 2. The number of aromatic nitrogens is 2. The Labute approximate surface area is 119 Å². The predicted molar refractivity (Wildman–Crippen MR) is 76.8 cm³/mol. The number of carbonyl (C=O) groups excluding carboxylic acids is 1. The molecule has 1 heterocycles. The van der Waals surface area contributed by atoms with Crippen molar-refractivity contribution in [1.82, 2.24) is 9.97 Å².